The number of fused-ring (bicyclic) bond motifs is 1. The van der Waals surface area contributed by atoms with Gasteiger partial charge in [0.2, 0.25) is 5.91 Å². The molecule has 0 aliphatic carbocycles. The lowest BCUT2D eigenvalue weighted by Gasteiger charge is -2.35. The zero-order chi connectivity index (χ0) is 20.3. The van der Waals surface area contributed by atoms with Gasteiger partial charge in [-0.3, -0.25) is 4.79 Å². The Morgan fingerprint density at radius 1 is 1.36 bits per heavy atom. The second kappa shape index (κ2) is 8.66. The summed E-state index contributed by atoms with van der Waals surface area (Å²) in [6.07, 6.45) is 2.87. The van der Waals surface area contributed by atoms with Crippen LogP contribution in [0.2, 0.25) is 0 Å². The molecule has 1 aromatic carbocycles. The summed E-state index contributed by atoms with van der Waals surface area (Å²) in [6.45, 7) is 9.64. The van der Waals surface area contributed by atoms with Crippen LogP contribution < -0.4 is 10.2 Å². The third-order valence-electron chi connectivity index (χ3n) is 5.32. The van der Waals surface area contributed by atoms with Gasteiger partial charge in [-0.05, 0) is 38.0 Å². The Morgan fingerprint density at radius 2 is 2.14 bits per heavy atom. The van der Waals surface area contributed by atoms with Crippen LogP contribution in [0.3, 0.4) is 0 Å². The lowest BCUT2D eigenvalue weighted by atomic mass is 9.84. The number of quaternary nitrogens is 1. The van der Waals surface area contributed by atoms with Crippen molar-refractivity contribution in [3.8, 4) is 0 Å². The molecule has 2 aromatic rings. The summed E-state index contributed by atoms with van der Waals surface area (Å²) in [5.41, 5.74) is 1.90. The molecule has 0 bridgehead atoms. The number of nitrogens with one attached hydrogen (secondary N) is 3. The summed E-state index contributed by atoms with van der Waals surface area (Å²) in [6, 6.07) is 5.65. The number of piperidine rings is 1. The maximum atomic E-state index is 12.7. The third-order valence-corrected chi connectivity index (χ3v) is 5.82. The van der Waals surface area contributed by atoms with Gasteiger partial charge < -0.3 is 19.9 Å². The number of hydrogen-bond acceptors (Lipinski definition) is 3. The number of ether oxygens (including phenoxy) is 1. The quantitative estimate of drug-likeness (QED) is 0.591. The van der Waals surface area contributed by atoms with Crippen LogP contribution in [-0.4, -0.2) is 43.1 Å². The van der Waals surface area contributed by atoms with Crippen molar-refractivity contribution in [1.82, 2.24) is 4.98 Å². The summed E-state index contributed by atoms with van der Waals surface area (Å²) in [5, 5.41) is 3.74. The van der Waals surface area contributed by atoms with Gasteiger partial charge in [0.25, 0.3) is 0 Å². The Hall–Kier alpha value is -1.86. The van der Waals surface area contributed by atoms with Gasteiger partial charge in [0.1, 0.15) is 5.69 Å². The number of aromatic amines is 1. The topological polar surface area (TPSA) is 75.6 Å². The van der Waals surface area contributed by atoms with Crippen LogP contribution in [-0.2, 0) is 9.53 Å². The first-order chi connectivity index (χ1) is 13.3. The number of hydrogen-bond donors (Lipinski definition) is 3. The maximum absolute atomic E-state index is 12.7. The van der Waals surface area contributed by atoms with E-state index in [0.717, 1.165) is 35.0 Å². The van der Waals surface area contributed by atoms with Crippen LogP contribution in [0.4, 0.5) is 5.69 Å². The van der Waals surface area contributed by atoms with Crippen molar-refractivity contribution >= 4 is 44.4 Å². The van der Waals surface area contributed by atoms with E-state index in [0.29, 0.717) is 17.5 Å². The highest BCUT2D eigenvalue weighted by Crippen LogP contribution is 2.31. The van der Waals surface area contributed by atoms with Crippen LogP contribution >= 0.6 is 15.9 Å². The maximum Gasteiger partial charge on any atom is 0.356 e. The summed E-state index contributed by atoms with van der Waals surface area (Å²) < 4.78 is 6.03. The van der Waals surface area contributed by atoms with Crippen molar-refractivity contribution in [2.45, 2.75) is 40.0 Å². The summed E-state index contributed by atoms with van der Waals surface area (Å²) in [5.74, 6) is -0.546. The molecule has 0 spiro atoms. The molecule has 2 heterocycles. The monoisotopic (exact) mass is 450 g/mol. The molecule has 6 nitrogen and oxygen atoms in total. The highest BCUT2D eigenvalue weighted by molar-refractivity contribution is 9.10. The predicted octanol–water partition coefficient (Wildman–Crippen LogP) is 3.14. The Bertz CT molecular complexity index is 875. The van der Waals surface area contributed by atoms with E-state index in [9.17, 15) is 9.59 Å². The van der Waals surface area contributed by atoms with Gasteiger partial charge in [0.05, 0.1) is 38.3 Å². The van der Waals surface area contributed by atoms with Crippen molar-refractivity contribution in [3.63, 3.8) is 0 Å². The van der Waals surface area contributed by atoms with Gasteiger partial charge in [-0.2, -0.15) is 0 Å². The van der Waals surface area contributed by atoms with Crippen molar-refractivity contribution in [1.29, 1.82) is 0 Å². The fraction of sp³-hybridized carbons (Fsp3) is 0.524. The minimum Gasteiger partial charge on any atom is -0.461 e. The van der Waals surface area contributed by atoms with Gasteiger partial charge in [-0.15, -0.1) is 0 Å². The van der Waals surface area contributed by atoms with Gasteiger partial charge in [0, 0.05) is 20.8 Å². The van der Waals surface area contributed by atoms with E-state index in [1.807, 2.05) is 18.2 Å². The zero-order valence-electron chi connectivity index (χ0n) is 16.8. The van der Waals surface area contributed by atoms with E-state index in [-0.39, 0.29) is 18.2 Å². The number of H-pyrrole nitrogens is 1. The molecule has 0 radical (unpaired) electrons. The average molecular weight is 451 g/mol. The lowest BCUT2D eigenvalue weighted by Crippen LogP contribution is -3.14. The van der Waals surface area contributed by atoms with Crippen molar-refractivity contribution < 1.29 is 19.2 Å². The van der Waals surface area contributed by atoms with Gasteiger partial charge in [-0.1, -0.05) is 29.8 Å². The minimum absolute atomic E-state index is 0.0812. The summed E-state index contributed by atoms with van der Waals surface area (Å²) in [7, 11) is 0. The van der Waals surface area contributed by atoms with E-state index < -0.39 is 5.97 Å². The van der Waals surface area contributed by atoms with E-state index in [1.54, 1.807) is 6.92 Å². The number of rotatable bonds is 6. The van der Waals surface area contributed by atoms with E-state index in [4.69, 9.17) is 4.74 Å². The standard InChI is InChI=1S/C21H28BrN3O3/c1-4-28-20(27)19-18(15-12-14(22)6-7-16(15)23-19)24-17(26)8-11-25-10-5-9-21(2,3)13-25/h6-7,12,23H,4-5,8-11,13H2,1-3H3,(H,24,26)/p+1. The number of likely N-dealkylation sites (tertiary alicyclic amines) is 1. The van der Waals surface area contributed by atoms with Crippen LogP contribution in [0.1, 0.15) is 50.5 Å². The Kier molecular flexibility index (Phi) is 6.45. The number of anilines is 1. The van der Waals surface area contributed by atoms with Crippen LogP contribution in [0, 0.1) is 5.41 Å². The molecule has 1 amide bonds. The van der Waals surface area contributed by atoms with Crippen LogP contribution in [0.25, 0.3) is 10.9 Å². The second-order valence-electron chi connectivity index (χ2n) is 8.28. The first kappa shape index (κ1) is 20.9. The molecule has 7 heteroatoms. The van der Waals surface area contributed by atoms with E-state index in [1.165, 1.54) is 17.7 Å². The minimum atomic E-state index is -0.464. The number of esters is 1. The highest BCUT2D eigenvalue weighted by atomic mass is 79.9. The summed E-state index contributed by atoms with van der Waals surface area (Å²) in [4.78, 5) is 29.6. The van der Waals surface area contributed by atoms with E-state index in [2.05, 4.69) is 40.1 Å². The van der Waals surface area contributed by atoms with Crippen LogP contribution in [0.15, 0.2) is 22.7 Å². The molecule has 3 N–H and O–H groups in total. The molecule has 1 fully saturated rings. The molecule has 3 rings (SSSR count). The van der Waals surface area contributed by atoms with Crippen LogP contribution in [0.5, 0.6) is 0 Å². The summed E-state index contributed by atoms with van der Waals surface area (Å²) >= 11 is 3.46. The molecule has 1 saturated heterocycles. The number of carbonyl (C=O) groups excluding carboxylic acids is 2. The molecule has 1 aliphatic rings. The average Bonchev–Trinajstić information content (AvgIpc) is 2.97. The number of carbonyl (C=O) groups is 2. The zero-order valence-corrected chi connectivity index (χ0v) is 18.4. The van der Waals surface area contributed by atoms with Gasteiger partial charge in [0.15, 0.2) is 0 Å². The molecule has 1 atom stereocenters. The molecular formula is C21H29BrN3O3+. The highest BCUT2D eigenvalue weighted by Gasteiger charge is 2.29. The molecule has 0 saturated carbocycles. The smallest absolute Gasteiger partial charge is 0.356 e. The van der Waals surface area contributed by atoms with E-state index >= 15 is 0 Å². The normalized spacial score (nSPS) is 18.8. The SMILES string of the molecule is CCOC(=O)c1[nH]c2ccc(Br)cc2c1NC(=O)CC[NH+]1CCCC(C)(C)C1. The van der Waals surface area contributed by atoms with Crippen molar-refractivity contribution in [2.24, 2.45) is 5.41 Å². The second-order valence-corrected chi connectivity index (χ2v) is 9.19. The molecule has 1 unspecified atom stereocenters. The first-order valence-corrected chi connectivity index (χ1v) is 10.7. The van der Waals surface area contributed by atoms with Crippen molar-refractivity contribution in [2.75, 3.05) is 31.6 Å². The fourth-order valence-corrected chi connectivity index (χ4v) is 4.39. The molecule has 1 aromatic heterocycles. The van der Waals surface area contributed by atoms with Crippen molar-refractivity contribution in [3.05, 3.63) is 28.4 Å². The van der Waals surface area contributed by atoms with Gasteiger partial charge >= 0.3 is 5.97 Å². The Labute approximate surface area is 174 Å². The number of benzene rings is 1. The molecule has 1 aliphatic heterocycles. The fourth-order valence-electron chi connectivity index (χ4n) is 4.03. The first-order valence-electron chi connectivity index (χ1n) is 9.91. The Balaban J connectivity index is 1.74. The Morgan fingerprint density at radius 3 is 2.86 bits per heavy atom. The number of amides is 1. The number of aromatic nitrogens is 1. The number of halogens is 1. The lowest BCUT2D eigenvalue weighted by molar-refractivity contribution is -0.911. The molecule has 28 heavy (non-hydrogen) atoms. The van der Waals surface area contributed by atoms with Gasteiger partial charge in [-0.25, -0.2) is 4.79 Å². The third kappa shape index (κ3) is 4.94. The largest absolute Gasteiger partial charge is 0.461 e. The predicted molar refractivity (Wildman–Crippen MR) is 114 cm³/mol. The molecular weight excluding hydrogens is 422 g/mol. The molecule has 152 valence electrons.